The summed E-state index contributed by atoms with van der Waals surface area (Å²) >= 11 is 0. The van der Waals surface area contributed by atoms with E-state index in [1.165, 1.54) is 27.5 Å². The van der Waals surface area contributed by atoms with Gasteiger partial charge in [-0.15, -0.1) is 0 Å². The largest absolute Gasteiger partial charge is 0.0613 e. The van der Waals surface area contributed by atoms with E-state index in [-0.39, 0.29) is 0 Å². The third-order valence-electron chi connectivity index (χ3n) is 2.95. The zero-order chi connectivity index (χ0) is 10.1. The van der Waals surface area contributed by atoms with Crippen LogP contribution in [0.3, 0.4) is 0 Å². The molecule has 0 spiro atoms. The van der Waals surface area contributed by atoms with E-state index in [1.807, 2.05) is 0 Å². The van der Waals surface area contributed by atoms with Crippen molar-refractivity contribution in [3.63, 3.8) is 0 Å². The van der Waals surface area contributed by atoms with E-state index in [9.17, 15) is 0 Å². The SMILES string of the molecule is C[CH]c1cccc2c(C)c(C)ccc12. The average molecular weight is 183 g/mol. The van der Waals surface area contributed by atoms with E-state index in [1.54, 1.807) is 0 Å². The Bertz CT molecular complexity index is 467. The summed E-state index contributed by atoms with van der Waals surface area (Å²) in [7, 11) is 0. The molecule has 2 aromatic carbocycles. The lowest BCUT2D eigenvalue weighted by Gasteiger charge is -2.08. The van der Waals surface area contributed by atoms with Gasteiger partial charge in [-0.3, -0.25) is 0 Å². The number of benzene rings is 2. The molecule has 0 nitrogen and oxygen atoms in total. The lowest BCUT2D eigenvalue weighted by molar-refractivity contribution is 1.37. The number of fused-ring (bicyclic) bond motifs is 1. The summed E-state index contributed by atoms with van der Waals surface area (Å²) in [5.41, 5.74) is 4.09. The number of aryl methyl sites for hydroxylation is 2. The van der Waals surface area contributed by atoms with E-state index in [2.05, 4.69) is 57.5 Å². The molecule has 0 aliphatic rings. The average Bonchev–Trinajstić information content (AvgIpc) is 2.23. The molecule has 14 heavy (non-hydrogen) atoms. The highest BCUT2D eigenvalue weighted by molar-refractivity contribution is 5.90. The van der Waals surface area contributed by atoms with E-state index < -0.39 is 0 Å². The molecule has 2 aromatic rings. The van der Waals surface area contributed by atoms with Crippen LogP contribution in [0.4, 0.5) is 0 Å². The van der Waals surface area contributed by atoms with Crippen LogP contribution in [-0.2, 0) is 0 Å². The second-order valence-electron chi connectivity index (χ2n) is 3.74. The fourth-order valence-corrected chi connectivity index (χ4v) is 1.89. The third-order valence-corrected chi connectivity index (χ3v) is 2.95. The van der Waals surface area contributed by atoms with Gasteiger partial charge in [0.2, 0.25) is 0 Å². The molecule has 0 aromatic heterocycles. The van der Waals surface area contributed by atoms with Crippen molar-refractivity contribution in [2.45, 2.75) is 20.8 Å². The van der Waals surface area contributed by atoms with Crippen molar-refractivity contribution in [2.75, 3.05) is 0 Å². The van der Waals surface area contributed by atoms with Crippen molar-refractivity contribution in [1.29, 1.82) is 0 Å². The molecule has 71 valence electrons. The van der Waals surface area contributed by atoms with Gasteiger partial charge in [-0.2, -0.15) is 0 Å². The molecule has 0 saturated heterocycles. The summed E-state index contributed by atoms with van der Waals surface area (Å²) in [6.45, 7) is 6.44. The minimum Gasteiger partial charge on any atom is -0.0613 e. The maximum atomic E-state index is 2.22. The predicted octanol–water partition coefficient (Wildman–Crippen LogP) is 4.03. The van der Waals surface area contributed by atoms with E-state index in [0.717, 1.165) is 0 Å². The third kappa shape index (κ3) is 1.31. The molecular weight excluding hydrogens is 168 g/mol. The van der Waals surface area contributed by atoms with Gasteiger partial charge in [0.1, 0.15) is 0 Å². The van der Waals surface area contributed by atoms with Gasteiger partial charge in [-0.1, -0.05) is 37.3 Å². The van der Waals surface area contributed by atoms with Crippen molar-refractivity contribution in [1.82, 2.24) is 0 Å². The molecule has 1 radical (unpaired) electrons. The highest BCUT2D eigenvalue weighted by Crippen LogP contribution is 2.25. The number of hydrogen-bond donors (Lipinski definition) is 0. The first-order valence-electron chi connectivity index (χ1n) is 5.02. The topological polar surface area (TPSA) is 0 Å². The summed E-state index contributed by atoms with van der Waals surface area (Å²) in [4.78, 5) is 0. The highest BCUT2D eigenvalue weighted by Gasteiger charge is 2.02. The van der Waals surface area contributed by atoms with Crippen molar-refractivity contribution in [2.24, 2.45) is 0 Å². The molecule has 2 rings (SSSR count). The van der Waals surface area contributed by atoms with Crippen LogP contribution in [0, 0.1) is 20.3 Å². The van der Waals surface area contributed by atoms with Crippen molar-refractivity contribution in [3.05, 3.63) is 53.4 Å². The minimum absolute atomic E-state index is 1.32. The second-order valence-corrected chi connectivity index (χ2v) is 3.74. The second kappa shape index (κ2) is 3.45. The highest BCUT2D eigenvalue weighted by atomic mass is 14.1. The molecule has 0 saturated carbocycles. The van der Waals surface area contributed by atoms with Crippen LogP contribution in [0.5, 0.6) is 0 Å². The fraction of sp³-hybridized carbons (Fsp3) is 0.214. The van der Waals surface area contributed by atoms with Gasteiger partial charge in [-0.25, -0.2) is 0 Å². The zero-order valence-corrected chi connectivity index (χ0v) is 8.96. The van der Waals surface area contributed by atoms with Crippen molar-refractivity contribution in [3.8, 4) is 0 Å². The van der Waals surface area contributed by atoms with E-state index >= 15 is 0 Å². The van der Waals surface area contributed by atoms with Crippen molar-refractivity contribution < 1.29 is 0 Å². The molecule has 0 heteroatoms. The molecule has 0 heterocycles. The van der Waals surface area contributed by atoms with E-state index in [0.29, 0.717) is 0 Å². The molecular formula is C14H15. The van der Waals surface area contributed by atoms with Crippen LogP contribution >= 0.6 is 0 Å². The normalized spacial score (nSPS) is 10.8. The summed E-state index contributed by atoms with van der Waals surface area (Å²) < 4.78 is 0. The van der Waals surface area contributed by atoms with Crippen LogP contribution in [-0.4, -0.2) is 0 Å². The first-order valence-corrected chi connectivity index (χ1v) is 5.02. The number of hydrogen-bond acceptors (Lipinski definition) is 0. The quantitative estimate of drug-likeness (QED) is 0.626. The summed E-state index contributed by atoms with van der Waals surface area (Å²) in [6, 6.07) is 10.9. The zero-order valence-electron chi connectivity index (χ0n) is 8.96. The van der Waals surface area contributed by atoms with Crippen LogP contribution in [0.15, 0.2) is 30.3 Å². The van der Waals surface area contributed by atoms with Crippen molar-refractivity contribution >= 4 is 10.8 Å². The molecule has 0 fully saturated rings. The maximum absolute atomic E-state index is 2.22. The minimum atomic E-state index is 1.32. The fourth-order valence-electron chi connectivity index (χ4n) is 1.89. The van der Waals surface area contributed by atoms with E-state index in [4.69, 9.17) is 0 Å². The molecule has 0 amide bonds. The Morgan fingerprint density at radius 1 is 0.929 bits per heavy atom. The summed E-state index contributed by atoms with van der Waals surface area (Å²) in [5.74, 6) is 0. The first kappa shape index (κ1) is 9.26. The Kier molecular flexibility index (Phi) is 2.28. The predicted molar refractivity (Wildman–Crippen MR) is 62.5 cm³/mol. The first-order chi connectivity index (χ1) is 6.74. The van der Waals surface area contributed by atoms with Crippen LogP contribution in [0.2, 0.25) is 0 Å². The van der Waals surface area contributed by atoms with Gasteiger partial charge in [-0.05, 0) is 47.7 Å². The molecule has 0 N–H and O–H groups in total. The Balaban J connectivity index is 2.86. The van der Waals surface area contributed by atoms with Gasteiger partial charge in [0.15, 0.2) is 0 Å². The van der Waals surface area contributed by atoms with Gasteiger partial charge in [0.05, 0.1) is 0 Å². The van der Waals surface area contributed by atoms with Gasteiger partial charge in [0, 0.05) is 0 Å². The molecule has 0 aliphatic heterocycles. The van der Waals surface area contributed by atoms with Gasteiger partial charge >= 0.3 is 0 Å². The maximum Gasteiger partial charge on any atom is -0.0118 e. The van der Waals surface area contributed by atoms with Gasteiger partial charge in [0.25, 0.3) is 0 Å². The van der Waals surface area contributed by atoms with Crippen LogP contribution in [0.25, 0.3) is 10.8 Å². The molecule has 0 unspecified atom stereocenters. The number of rotatable bonds is 1. The Morgan fingerprint density at radius 3 is 2.43 bits per heavy atom. The smallest absolute Gasteiger partial charge is 0.0118 e. The lowest BCUT2D eigenvalue weighted by atomic mass is 9.96. The molecule has 0 bridgehead atoms. The standard InChI is InChI=1S/C14H15/c1-4-12-6-5-7-13-11(3)10(2)8-9-14(12)13/h4-9H,1-3H3. The Hall–Kier alpha value is -1.30. The monoisotopic (exact) mass is 183 g/mol. The van der Waals surface area contributed by atoms with Crippen LogP contribution < -0.4 is 0 Å². The van der Waals surface area contributed by atoms with Crippen LogP contribution in [0.1, 0.15) is 23.6 Å². The Labute approximate surface area is 85.6 Å². The van der Waals surface area contributed by atoms with Gasteiger partial charge < -0.3 is 0 Å². The summed E-state index contributed by atoms with van der Waals surface area (Å²) in [5, 5.41) is 2.73. The Morgan fingerprint density at radius 2 is 1.71 bits per heavy atom. The summed E-state index contributed by atoms with van der Waals surface area (Å²) in [6.07, 6.45) is 2.16. The lowest BCUT2D eigenvalue weighted by Crippen LogP contribution is -1.87. The molecule has 0 aliphatic carbocycles. The molecule has 0 atom stereocenters.